The van der Waals surface area contributed by atoms with E-state index in [1.165, 1.54) is 24.3 Å². The van der Waals surface area contributed by atoms with Gasteiger partial charge in [-0.15, -0.1) is 5.10 Å². The predicted octanol–water partition coefficient (Wildman–Crippen LogP) is 5.25. The van der Waals surface area contributed by atoms with Gasteiger partial charge in [-0.25, -0.2) is 9.59 Å². The lowest BCUT2D eigenvalue weighted by atomic mass is 9.99. The van der Waals surface area contributed by atoms with Crippen LogP contribution in [0.5, 0.6) is 0 Å². The number of hydrogen-bond acceptors (Lipinski definition) is 4. The molecular formula is C18H10Cl2F5N3O4. The molecule has 3 rings (SSSR count). The molecule has 3 N–H and O–H groups in total. The molecule has 0 unspecified atom stereocenters. The van der Waals surface area contributed by atoms with Crippen molar-refractivity contribution in [3.8, 4) is 11.1 Å². The Morgan fingerprint density at radius 3 is 1.84 bits per heavy atom. The number of aliphatic carboxylic acids is 1. The topological polar surface area (TPSA) is 116 Å². The number of aromatic nitrogens is 3. The molecule has 0 fully saturated rings. The first-order valence-corrected chi connectivity index (χ1v) is 8.89. The number of aromatic amines is 1. The maximum atomic E-state index is 14.6. The third kappa shape index (κ3) is 5.71. The summed E-state index contributed by atoms with van der Waals surface area (Å²) in [6, 6.07) is 10.3. The van der Waals surface area contributed by atoms with E-state index in [1.54, 1.807) is 18.2 Å². The molecule has 32 heavy (non-hydrogen) atoms. The molecule has 0 radical (unpaired) electrons. The fourth-order valence-electron chi connectivity index (χ4n) is 2.28. The highest BCUT2D eigenvalue weighted by molar-refractivity contribution is 6.42. The van der Waals surface area contributed by atoms with Crippen LogP contribution >= 0.6 is 23.2 Å². The van der Waals surface area contributed by atoms with Crippen molar-refractivity contribution in [2.75, 3.05) is 0 Å². The molecule has 0 aliphatic rings. The fraction of sp³-hybridized carbons (Fsp3) is 0.111. The van der Waals surface area contributed by atoms with Crippen molar-refractivity contribution in [2.24, 2.45) is 0 Å². The number of rotatable bonds is 4. The molecule has 1 heterocycles. The third-order valence-corrected chi connectivity index (χ3v) is 4.53. The van der Waals surface area contributed by atoms with Crippen LogP contribution in [0.2, 0.25) is 10.0 Å². The van der Waals surface area contributed by atoms with Crippen molar-refractivity contribution >= 4 is 35.1 Å². The Balaban J connectivity index is 0.000000451. The molecule has 1 aromatic heterocycles. The van der Waals surface area contributed by atoms with Crippen molar-refractivity contribution in [2.45, 2.75) is 12.1 Å². The normalized spacial score (nSPS) is 11.5. The number of benzene rings is 2. The van der Waals surface area contributed by atoms with Gasteiger partial charge >= 0.3 is 24.0 Å². The molecule has 14 heteroatoms. The van der Waals surface area contributed by atoms with E-state index in [-0.39, 0.29) is 0 Å². The maximum Gasteiger partial charge on any atom is 0.490 e. The molecule has 0 spiro atoms. The van der Waals surface area contributed by atoms with Gasteiger partial charge in [-0.3, -0.25) is 0 Å². The molecule has 2 aromatic carbocycles. The lowest BCUT2D eigenvalue weighted by Crippen LogP contribution is -2.21. The zero-order valence-electron chi connectivity index (χ0n) is 15.3. The molecule has 0 amide bonds. The summed E-state index contributed by atoms with van der Waals surface area (Å²) < 4.78 is 60.9. The Kier molecular flexibility index (Phi) is 7.42. The maximum absolute atomic E-state index is 14.6. The van der Waals surface area contributed by atoms with Gasteiger partial charge in [-0.1, -0.05) is 53.5 Å². The van der Waals surface area contributed by atoms with Crippen molar-refractivity contribution in [1.29, 1.82) is 0 Å². The second kappa shape index (κ2) is 9.49. The summed E-state index contributed by atoms with van der Waals surface area (Å²) in [5.41, 5.74) is -0.817. The second-order valence-corrected chi connectivity index (χ2v) is 6.72. The number of halogens is 7. The molecule has 3 aromatic rings. The Morgan fingerprint density at radius 1 is 0.844 bits per heavy atom. The Labute approximate surface area is 185 Å². The summed E-state index contributed by atoms with van der Waals surface area (Å²) in [5.74, 6) is -7.96. The van der Waals surface area contributed by atoms with Gasteiger partial charge in [0.1, 0.15) is 0 Å². The van der Waals surface area contributed by atoms with Crippen LogP contribution in [0, 0.1) is 0 Å². The first-order chi connectivity index (χ1) is 14.7. The minimum absolute atomic E-state index is 0.349. The highest BCUT2D eigenvalue weighted by atomic mass is 35.5. The summed E-state index contributed by atoms with van der Waals surface area (Å²) in [6.07, 6.45) is -5.08. The molecular weight excluding hydrogens is 488 g/mol. The van der Waals surface area contributed by atoms with Gasteiger partial charge in [-0.2, -0.15) is 32.3 Å². The van der Waals surface area contributed by atoms with Crippen LogP contribution in [-0.4, -0.2) is 43.7 Å². The quantitative estimate of drug-likeness (QED) is 0.424. The molecule has 0 saturated carbocycles. The number of carbonyl (C=O) groups is 2. The summed E-state index contributed by atoms with van der Waals surface area (Å²) in [5, 5.41) is 25.2. The van der Waals surface area contributed by atoms with Crippen molar-refractivity contribution in [1.82, 2.24) is 15.4 Å². The van der Waals surface area contributed by atoms with Gasteiger partial charge < -0.3 is 10.2 Å². The van der Waals surface area contributed by atoms with Gasteiger partial charge in [0.15, 0.2) is 11.4 Å². The first-order valence-electron chi connectivity index (χ1n) is 8.13. The van der Waals surface area contributed by atoms with E-state index in [2.05, 4.69) is 10.2 Å². The lowest BCUT2D eigenvalue weighted by Gasteiger charge is -2.15. The second-order valence-electron chi connectivity index (χ2n) is 5.91. The minimum atomic E-state index is -5.08. The van der Waals surface area contributed by atoms with Gasteiger partial charge in [0.25, 0.3) is 0 Å². The molecule has 7 nitrogen and oxygen atoms in total. The largest absolute Gasteiger partial charge is 0.490 e. The van der Waals surface area contributed by atoms with Crippen LogP contribution in [0.25, 0.3) is 11.1 Å². The van der Waals surface area contributed by atoms with Crippen LogP contribution < -0.4 is 0 Å². The van der Waals surface area contributed by atoms with E-state index in [9.17, 15) is 26.7 Å². The molecule has 0 bridgehead atoms. The number of carboxylic acids is 2. The molecule has 0 aliphatic heterocycles. The summed E-state index contributed by atoms with van der Waals surface area (Å²) in [7, 11) is 0. The highest BCUT2D eigenvalue weighted by Gasteiger charge is 2.41. The monoisotopic (exact) mass is 497 g/mol. The Hall–Kier alpha value is -3.25. The van der Waals surface area contributed by atoms with Gasteiger partial charge in [0, 0.05) is 5.56 Å². The number of carboxylic acid groups (broad SMARTS) is 2. The number of alkyl halides is 5. The minimum Gasteiger partial charge on any atom is -0.476 e. The molecule has 0 saturated heterocycles. The number of hydrogen-bond donors (Lipinski definition) is 3. The van der Waals surface area contributed by atoms with E-state index in [1.807, 2.05) is 5.21 Å². The van der Waals surface area contributed by atoms with E-state index in [4.69, 9.17) is 38.2 Å². The smallest absolute Gasteiger partial charge is 0.476 e. The van der Waals surface area contributed by atoms with E-state index >= 15 is 0 Å². The van der Waals surface area contributed by atoms with Crippen LogP contribution in [-0.2, 0) is 10.7 Å². The molecule has 0 atom stereocenters. The fourth-order valence-corrected chi connectivity index (χ4v) is 2.58. The van der Waals surface area contributed by atoms with E-state index < -0.39 is 41.0 Å². The Bertz CT molecular complexity index is 1130. The number of nitrogens with one attached hydrogen (secondary N) is 1. The standard InChI is InChI=1S/C16H9Cl2F2N3O2.C2HF3O2/c17-11-6-3-9(7-12(11)18)8-1-4-10(5-2-8)16(19,20)14-13(15(24)25)21-23-22-14;3-2(4,5)1(6)7/h1-7H,(H,24,25)(H,21,22,23);(H,6,7). The predicted molar refractivity (Wildman–Crippen MR) is 102 cm³/mol. The lowest BCUT2D eigenvalue weighted by molar-refractivity contribution is -0.192. The van der Waals surface area contributed by atoms with Crippen molar-refractivity contribution < 1.29 is 41.8 Å². The van der Waals surface area contributed by atoms with Crippen molar-refractivity contribution in [3.05, 3.63) is 69.5 Å². The number of nitrogens with zero attached hydrogens (tertiary/aromatic N) is 2. The van der Waals surface area contributed by atoms with Gasteiger partial charge in [-0.05, 0) is 23.3 Å². The zero-order chi connectivity index (χ0) is 24.3. The van der Waals surface area contributed by atoms with E-state index in [0.29, 0.717) is 21.2 Å². The third-order valence-electron chi connectivity index (χ3n) is 3.79. The van der Waals surface area contributed by atoms with Crippen LogP contribution in [0.1, 0.15) is 21.7 Å². The zero-order valence-corrected chi connectivity index (χ0v) is 16.8. The average Bonchev–Trinajstić information content (AvgIpc) is 3.21. The van der Waals surface area contributed by atoms with Crippen LogP contribution in [0.3, 0.4) is 0 Å². The van der Waals surface area contributed by atoms with Crippen LogP contribution in [0.4, 0.5) is 22.0 Å². The Morgan fingerprint density at radius 2 is 1.38 bits per heavy atom. The molecule has 0 aliphatic carbocycles. The first kappa shape index (κ1) is 25.0. The average molecular weight is 498 g/mol. The van der Waals surface area contributed by atoms with Gasteiger partial charge in [0.2, 0.25) is 0 Å². The SMILES string of the molecule is O=C(O)C(F)(F)F.O=C(O)c1n[nH]nc1C(F)(F)c1ccc(-c2ccc(Cl)c(Cl)c2)cc1. The van der Waals surface area contributed by atoms with Gasteiger partial charge in [0.05, 0.1) is 10.0 Å². The molecule has 170 valence electrons. The summed E-state index contributed by atoms with van der Waals surface area (Å²) in [4.78, 5) is 19.9. The van der Waals surface area contributed by atoms with E-state index in [0.717, 1.165) is 0 Å². The number of aromatic carboxylic acids is 1. The highest BCUT2D eigenvalue weighted by Crippen LogP contribution is 2.37. The van der Waals surface area contributed by atoms with Crippen LogP contribution in [0.15, 0.2) is 42.5 Å². The van der Waals surface area contributed by atoms with Crippen molar-refractivity contribution in [3.63, 3.8) is 0 Å². The summed E-state index contributed by atoms with van der Waals surface area (Å²) in [6.45, 7) is 0. The number of H-pyrrole nitrogens is 1. The summed E-state index contributed by atoms with van der Waals surface area (Å²) >= 11 is 11.8.